The highest BCUT2D eigenvalue weighted by atomic mass is 16.4. The van der Waals surface area contributed by atoms with Gasteiger partial charge in [0.15, 0.2) is 23.1 Å². The van der Waals surface area contributed by atoms with E-state index >= 15 is 0 Å². The summed E-state index contributed by atoms with van der Waals surface area (Å²) in [6.07, 6.45) is 1.30. The van der Waals surface area contributed by atoms with Gasteiger partial charge in [-0.1, -0.05) is 0 Å². The molecule has 0 spiro atoms. The number of carboxylic acids is 1. The van der Waals surface area contributed by atoms with E-state index in [0.29, 0.717) is 5.56 Å². The predicted octanol–water partition coefficient (Wildman–Crippen LogP) is 0.604. The Hall–Kier alpha value is -3.03. The third-order valence-corrected chi connectivity index (χ3v) is 2.54. The number of anilines is 2. The van der Waals surface area contributed by atoms with Crippen LogP contribution in [-0.4, -0.2) is 31.8 Å². The van der Waals surface area contributed by atoms with Crippen LogP contribution in [0.1, 0.15) is 27.9 Å². The number of nitrogens with zero attached hydrogens (tertiary/aromatic N) is 3. The molecule has 0 bridgehead atoms. The molecule has 0 aliphatic heterocycles. The summed E-state index contributed by atoms with van der Waals surface area (Å²) in [7, 11) is 0. The lowest BCUT2D eigenvalue weighted by molar-refractivity contribution is 0.0690. The SMILES string of the molecule is CC(=O)c1nc(N)c(-c2ccc(C(=O)O)nc2)nc1N. The average molecular weight is 273 g/mol. The number of nitrogens with two attached hydrogens (primary N) is 2. The van der Waals surface area contributed by atoms with Crippen LogP contribution in [0.15, 0.2) is 18.3 Å². The minimum absolute atomic E-state index is 0.00126. The van der Waals surface area contributed by atoms with Gasteiger partial charge in [-0.3, -0.25) is 4.79 Å². The van der Waals surface area contributed by atoms with Crippen molar-refractivity contribution in [2.45, 2.75) is 6.92 Å². The number of carbonyl (C=O) groups excluding carboxylic acids is 1. The van der Waals surface area contributed by atoms with E-state index in [1.165, 1.54) is 25.3 Å². The molecule has 0 aliphatic carbocycles. The number of pyridine rings is 1. The zero-order chi connectivity index (χ0) is 14.9. The molecule has 2 rings (SSSR count). The Labute approximate surface area is 113 Å². The van der Waals surface area contributed by atoms with Crippen LogP contribution in [0.25, 0.3) is 11.3 Å². The molecule has 0 atom stereocenters. The van der Waals surface area contributed by atoms with Crippen molar-refractivity contribution in [3.63, 3.8) is 0 Å². The first-order chi connectivity index (χ1) is 9.40. The Morgan fingerprint density at radius 3 is 2.35 bits per heavy atom. The average Bonchev–Trinajstić information content (AvgIpc) is 2.40. The Morgan fingerprint density at radius 2 is 1.85 bits per heavy atom. The van der Waals surface area contributed by atoms with Crippen molar-refractivity contribution in [1.82, 2.24) is 15.0 Å². The number of carbonyl (C=O) groups is 2. The van der Waals surface area contributed by atoms with Gasteiger partial charge in [-0.05, 0) is 12.1 Å². The number of carboxylic acid groups (broad SMARTS) is 1. The molecule has 0 radical (unpaired) electrons. The molecular weight excluding hydrogens is 262 g/mol. The van der Waals surface area contributed by atoms with E-state index in [1.54, 1.807) is 0 Å². The molecule has 2 aromatic rings. The fraction of sp³-hybridized carbons (Fsp3) is 0.0833. The van der Waals surface area contributed by atoms with Crippen molar-refractivity contribution in [1.29, 1.82) is 0 Å². The van der Waals surface area contributed by atoms with Gasteiger partial charge in [-0.25, -0.2) is 19.7 Å². The van der Waals surface area contributed by atoms with E-state index < -0.39 is 5.97 Å². The quantitative estimate of drug-likeness (QED) is 0.689. The van der Waals surface area contributed by atoms with Crippen molar-refractivity contribution in [2.75, 3.05) is 11.5 Å². The summed E-state index contributed by atoms with van der Waals surface area (Å²) in [5.74, 6) is -1.49. The first-order valence-electron chi connectivity index (χ1n) is 5.53. The van der Waals surface area contributed by atoms with Crippen LogP contribution in [0.4, 0.5) is 11.6 Å². The normalized spacial score (nSPS) is 10.2. The lowest BCUT2D eigenvalue weighted by atomic mass is 10.1. The maximum Gasteiger partial charge on any atom is 0.354 e. The minimum atomic E-state index is -1.14. The van der Waals surface area contributed by atoms with Gasteiger partial charge in [-0.15, -0.1) is 0 Å². The van der Waals surface area contributed by atoms with E-state index in [-0.39, 0.29) is 34.5 Å². The number of hydrogen-bond acceptors (Lipinski definition) is 7. The third-order valence-electron chi connectivity index (χ3n) is 2.54. The van der Waals surface area contributed by atoms with Crippen LogP contribution in [-0.2, 0) is 0 Å². The Bertz CT molecular complexity index is 697. The number of ketones is 1. The van der Waals surface area contributed by atoms with E-state index in [9.17, 15) is 9.59 Å². The van der Waals surface area contributed by atoms with Gasteiger partial charge in [0, 0.05) is 18.7 Å². The first kappa shape index (κ1) is 13.4. The van der Waals surface area contributed by atoms with Crippen molar-refractivity contribution < 1.29 is 14.7 Å². The molecule has 0 unspecified atom stereocenters. The molecule has 0 aliphatic rings. The van der Waals surface area contributed by atoms with E-state index in [4.69, 9.17) is 16.6 Å². The number of aromatic carboxylic acids is 1. The molecule has 0 saturated heterocycles. The summed E-state index contributed by atoms with van der Waals surface area (Å²) in [4.78, 5) is 33.7. The van der Waals surface area contributed by atoms with Crippen LogP contribution in [0, 0.1) is 0 Å². The third kappa shape index (κ3) is 2.39. The summed E-state index contributed by atoms with van der Waals surface area (Å²) >= 11 is 0. The molecule has 102 valence electrons. The number of hydrogen-bond donors (Lipinski definition) is 3. The second kappa shape index (κ2) is 4.92. The summed E-state index contributed by atoms with van der Waals surface area (Å²) in [6.45, 7) is 1.31. The monoisotopic (exact) mass is 273 g/mol. The second-order valence-electron chi connectivity index (χ2n) is 3.98. The maximum atomic E-state index is 11.3. The number of nitrogen functional groups attached to an aromatic ring is 2. The molecular formula is C12H11N5O3. The largest absolute Gasteiger partial charge is 0.477 e. The Kier molecular flexibility index (Phi) is 3.30. The maximum absolute atomic E-state index is 11.3. The van der Waals surface area contributed by atoms with Gasteiger partial charge < -0.3 is 16.6 Å². The van der Waals surface area contributed by atoms with Crippen LogP contribution in [0.2, 0.25) is 0 Å². The smallest absolute Gasteiger partial charge is 0.354 e. The molecule has 2 aromatic heterocycles. The molecule has 0 aromatic carbocycles. The van der Waals surface area contributed by atoms with Crippen LogP contribution < -0.4 is 11.5 Å². The van der Waals surface area contributed by atoms with Gasteiger partial charge in [0.2, 0.25) is 0 Å². The molecule has 20 heavy (non-hydrogen) atoms. The fourth-order valence-corrected chi connectivity index (χ4v) is 1.59. The van der Waals surface area contributed by atoms with Crippen LogP contribution in [0.5, 0.6) is 0 Å². The summed E-state index contributed by atoms with van der Waals surface area (Å²) in [5, 5.41) is 8.77. The standard InChI is InChI=1S/C12H11N5O3/c1-5(18)8-10(13)17-9(11(14)16-8)6-2-3-7(12(19)20)15-4-6/h2-4H,1H3,(H2,13,17)(H2,14,16)(H,19,20). The fourth-order valence-electron chi connectivity index (χ4n) is 1.59. The van der Waals surface area contributed by atoms with E-state index in [2.05, 4.69) is 15.0 Å². The van der Waals surface area contributed by atoms with Crippen molar-refractivity contribution >= 4 is 23.4 Å². The van der Waals surface area contributed by atoms with Crippen LogP contribution >= 0.6 is 0 Å². The molecule has 8 heteroatoms. The van der Waals surface area contributed by atoms with Gasteiger partial charge in [-0.2, -0.15) is 0 Å². The molecule has 0 amide bonds. The zero-order valence-electron chi connectivity index (χ0n) is 10.5. The van der Waals surface area contributed by atoms with Gasteiger partial charge in [0.05, 0.1) is 0 Å². The summed E-state index contributed by atoms with van der Waals surface area (Å²) < 4.78 is 0. The molecule has 0 saturated carbocycles. The lowest BCUT2D eigenvalue weighted by Gasteiger charge is -2.08. The first-order valence-corrected chi connectivity index (χ1v) is 5.53. The summed E-state index contributed by atoms with van der Waals surface area (Å²) in [6, 6.07) is 2.80. The highest BCUT2D eigenvalue weighted by molar-refractivity contribution is 5.97. The van der Waals surface area contributed by atoms with Crippen molar-refractivity contribution in [3.05, 3.63) is 29.7 Å². The molecule has 2 heterocycles. The Morgan fingerprint density at radius 1 is 1.15 bits per heavy atom. The zero-order valence-corrected chi connectivity index (χ0v) is 10.5. The minimum Gasteiger partial charge on any atom is -0.477 e. The highest BCUT2D eigenvalue weighted by Gasteiger charge is 2.15. The Balaban J connectivity index is 2.50. The summed E-state index contributed by atoms with van der Waals surface area (Å²) in [5.41, 5.74) is 12.0. The number of aromatic nitrogens is 3. The van der Waals surface area contributed by atoms with E-state index in [1.807, 2.05) is 0 Å². The molecule has 0 fully saturated rings. The van der Waals surface area contributed by atoms with Crippen molar-refractivity contribution in [3.8, 4) is 11.3 Å². The number of Topliss-reactive ketones (excluding diaryl/α,β-unsaturated/α-hetero) is 1. The van der Waals surface area contributed by atoms with E-state index in [0.717, 1.165) is 0 Å². The molecule has 8 nitrogen and oxygen atoms in total. The molecule has 5 N–H and O–H groups in total. The second-order valence-corrected chi connectivity index (χ2v) is 3.98. The van der Waals surface area contributed by atoms with Gasteiger partial charge >= 0.3 is 5.97 Å². The predicted molar refractivity (Wildman–Crippen MR) is 71.1 cm³/mol. The van der Waals surface area contributed by atoms with Crippen molar-refractivity contribution in [2.24, 2.45) is 0 Å². The van der Waals surface area contributed by atoms with Gasteiger partial charge in [0.25, 0.3) is 0 Å². The highest BCUT2D eigenvalue weighted by Crippen LogP contribution is 2.24. The topological polar surface area (TPSA) is 145 Å². The lowest BCUT2D eigenvalue weighted by Crippen LogP contribution is -2.10. The van der Waals surface area contributed by atoms with Gasteiger partial charge in [0.1, 0.15) is 11.4 Å². The number of rotatable bonds is 3. The van der Waals surface area contributed by atoms with Crippen LogP contribution in [0.3, 0.4) is 0 Å².